The summed E-state index contributed by atoms with van der Waals surface area (Å²) in [6, 6.07) is 16.0. The van der Waals surface area contributed by atoms with Gasteiger partial charge in [0.25, 0.3) is 0 Å². The molecular weight excluding hydrogens is 314 g/mol. The summed E-state index contributed by atoms with van der Waals surface area (Å²) in [6.07, 6.45) is 0.422. The Balaban J connectivity index is 1.53. The van der Waals surface area contributed by atoms with Crippen LogP contribution in [0.5, 0.6) is 0 Å². The normalized spacial score (nSPS) is 14.2. The lowest BCUT2D eigenvalue weighted by atomic mass is 10.2. The van der Waals surface area contributed by atoms with Crippen LogP contribution in [0.3, 0.4) is 0 Å². The van der Waals surface area contributed by atoms with E-state index in [-0.39, 0.29) is 5.91 Å². The Morgan fingerprint density at radius 2 is 1.72 bits per heavy atom. The molecule has 0 unspecified atom stereocenters. The molecule has 3 rings (SSSR count). The molecule has 1 aliphatic heterocycles. The number of aryl methyl sites for hydroxylation is 1. The molecule has 1 aliphatic rings. The smallest absolute Gasteiger partial charge is 0.226 e. The van der Waals surface area contributed by atoms with Crippen LogP contribution in [0, 0.1) is 6.92 Å². The third-order valence-corrected chi connectivity index (χ3v) is 4.34. The number of nitrogens with one attached hydrogen (secondary N) is 2. The van der Waals surface area contributed by atoms with Gasteiger partial charge in [0.1, 0.15) is 0 Å². The lowest BCUT2D eigenvalue weighted by molar-refractivity contribution is -0.115. The summed E-state index contributed by atoms with van der Waals surface area (Å²) in [5, 5.41) is 6.37. The van der Waals surface area contributed by atoms with Crippen LogP contribution in [0.1, 0.15) is 12.0 Å². The van der Waals surface area contributed by atoms with Crippen molar-refractivity contribution in [3.63, 3.8) is 0 Å². The van der Waals surface area contributed by atoms with Gasteiger partial charge in [-0.15, -0.1) is 0 Å². The molecule has 0 saturated carbocycles. The molecule has 2 aromatic rings. The Morgan fingerprint density at radius 1 is 1.04 bits per heavy atom. The lowest BCUT2D eigenvalue weighted by Crippen LogP contribution is -2.36. The molecule has 5 nitrogen and oxygen atoms in total. The van der Waals surface area contributed by atoms with Crippen molar-refractivity contribution in [2.24, 2.45) is 0 Å². The van der Waals surface area contributed by atoms with Crippen molar-refractivity contribution in [1.82, 2.24) is 0 Å². The first-order valence-electron chi connectivity index (χ1n) is 8.75. The van der Waals surface area contributed by atoms with Crippen molar-refractivity contribution in [1.29, 1.82) is 0 Å². The van der Waals surface area contributed by atoms with Gasteiger partial charge in [-0.05, 0) is 30.7 Å². The maximum Gasteiger partial charge on any atom is 0.226 e. The van der Waals surface area contributed by atoms with Crippen LogP contribution in [-0.2, 0) is 9.53 Å². The molecule has 1 amide bonds. The molecule has 25 heavy (non-hydrogen) atoms. The third kappa shape index (κ3) is 4.73. The van der Waals surface area contributed by atoms with E-state index in [4.69, 9.17) is 4.74 Å². The van der Waals surface area contributed by atoms with Gasteiger partial charge in [-0.2, -0.15) is 0 Å². The first-order valence-corrected chi connectivity index (χ1v) is 8.75. The monoisotopic (exact) mass is 339 g/mol. The number of hydrogen-bond acceptors (Lipinski definition) is 4. The predicted octanol–water partition coefficient (Wildman–Crippen LogP) is 3.27. The van der Waals surface area contributed by atoms with E-state index < -0.39 is 0 Å². The molecule has 0 bridgehead atoms. The van der Waals surface area contributed by atoms with Gasteiger partial charge in [-0.3, -0.25) is 4.79 Å². The SMILES string of the molecule is Cc1ccccc1NC(=O)CCNc1ccccc1N1CCOCC1. The van der Waals surface area contributed by atoms with E-state index in [2.05, 4.69) is 27.7 Å². The molecule has 132 valence electrons. The second-order valence-electron chi connectivity index (χ2n) is 6.16. The standard InChI is InChI=1S/C20H25N3O2/c1-16-6-2-3-7-17(16)22-20(24)10-11-21-18-8-4-5-9-19(18)23-12-14-25-15-13-23/h2-9,21H,10-15H2,1H3,(H,22,24). The largest absolute Gasteiger partial charge is 0.383 e. The zero-order valence-corrected chi connectivity index (χ0v) is 14.6. The van der Waals surface area contributed by atoms with Gasteiger partial charge >= 0.3 is 0 Å². The molecule has 0 radical (unpaired) electrons. The van der Waals surface area contributed by atoms with Gasteiger partial charge in [-0.25, -0.2) is 0 Å². The van der Waals surface area contributed by atoms with Crippen LogP contribution in [0.4, 0.5) is 17.1 Å². The van der Waals surface area contributed by atoms with Gasteiger partial charge in [-0.1, -0.05) is 30.3 Å². The highest BCUT2D eigenvalue weighted by Crippen LogP contribution is 2.26. The summed E-state index contributed by atoms with van der Waals surface area (Å²) in [6.45, 7) is 5.89. The van der Waals surface area contributed by atoms with Crippen molar-refractivity contribution < 1.29 is 9.53 Å². The highest BCUT2D eigenvalue weighted by atomic mass is 16.5. The second kappa shape index (κ2) is 8.53. The fourth-order valence-electron chi connectivity index (χ4n) is 2.94. The van der Waals surface area contributed by atoms with Gasteiger partial charge in [0.15, 0.2) is 0 Å². The van der Waals surface area contributed by atoms with E-state index >= 15 is 0 Å². The average Bonchev–Trinajstić information content (AvgIpc) is 2.65. The third-order valence-electron chi connectivity index (χ3n) is 4.34. The fraction of sp³-hybridized carbons (Fsp3) is 0.350. The number of amides is 1. The zero-order chi connectivity index (χ0) is 17.5. The summed E-state index contributed by atoms with van der Waals surface area (Å²) in [7, 11) is 0. The Hall–Kier alpha value is -2.53. The van der Waals surface area contributed by atoms with Crippen molar-refractivity contribution in [3.05, 3.63) is 54.1 Å². The lowest BCUT2D eigenvalue weighted by Gasteiger charge is -2.30. The van der Waals surface area contributed by atoms with Crippen molar-refractivity contribution in [2.45, 2.75) is 13.3 Å². The quantitative estimate of drug-likeness (QED) is 0.848. The number of ether oxygens (including phenoxy) is 1. The number of rotatable bonds is 6. The molecule has 1 fully saturated rings. The number of carbonyl (C=O) groups is 1. The predicted molar refractivity (Wildman–Crippen MR) is 102 cm³/mol. The molecule has 1 heterocycles. The molecule has 0 aromatic heterocycles. The fourth-order valence-corrected chi connectivity index (χ4v) is 2.94. The topological polar surface area (TPSA) is 53.6 Å². The summed E-state index contributed by atoms with van der Waals surface area (Å²) in [5.74, 6) is 0.0191. The van der Waals surface area contributed by atoms with E-state index in [0.29, 0.717) is 13.0 Å². The summed E-state index contributed by atoms with van der Waals surface area (Å²) >= 11 is 0. The Labute approximate surface area is 149 Å². The number of hydrogen-bond donors (Lipinski definition) is 2. The van der Waals surface area contributed by atoms with E-state index in [9.17, 15) is 4.79 Å². The van der Waals surface area contributed by atoms with E-state index in [1.54, 1.807) is 0 Å². The molecule has 1 saturated heterocycles. The second-order valence-corrected chi connectivity index (χ2v) is 6.16. The number of nitrogens with zero attached hydrogens (tertiary/aromatic N) is 1. The number of para-hydroxylation sites is 3. The van der Waals surface area contributed by atoms with E-state index in [1.165, 1.54) is 5.69 Å². The maximum atomic E-state index is 12.2. The first-order chi connectivity index (χ1) is 12.2. The summed E-state index contributed by atoms with van der Waals surface area (Å²) < 4.78 is 5.42. The highest BCUT2D eigenvalue weighted by Gasteiger charge is 2.14. The van der Waals surface area contributed by atoms with Crippen LogP contribution in [0.2, 0.25) is 0 Å². The van der Waals surface area contributed by atoms with Crippen molar-refractivity contribution in [3.8, 4) is 0 Å². The van der Waals surface area contributed by atoms with Crippen LogP contribution < -0.4 is 15.5 Å². The Kier molecular flexibility index (Phi) is 5.90. The van der Waals surface area contributed by atoms with Gasteiger partial charge in [0, 0.05) is 31.7 Å². The number of carbonyl (C=O) groups excluding carboxylic acids is 1. The van der Waals surface area contributed by atoms with Crippen molar-refractivity contribution in [2.75, 3.05) is 48.4 Å². The first kappa shape index (κ1) is 17.3. The molecule has 0 aliphatic carbocycles. The Morgan fingerprint density at radius 3 is 2.48 bits per heavy atom. The van der Waals surface area contributed by atoms with Gasteiger partial charge in [0.2, 0.25) is 5.91 Å². The number of anilines is 3. The van der Waals surface area contributed by atoms with Crippen LogP contribution in [0.15, 0.2) is 48.5 Å². The minimum atomic E-state index is 0.0191. The number of morpholine rings is 1. The molecule has 0 atom stereocenters. The molecule has 2 N–H and O–H groups in total. The molecule has 0 spiro atoms. The summed E-state index contributed by atoms with van der Waals surface area (Å²) in [5.41, 5.74) is 4.18. The minimum Gasteiger partial charge on any atom is -0.383 e. The maximum absolute atomic E-state index is 12.2. The number of benzene rings is 2. The molecule has 5 heteroatoms. The zero-order valence-electron chi connectivity index (χ0n) is 14.6. The minimum absolute atomic E-state index is 0.0191. The van der Waals surface area contributed by atoms with Crippen LogP contribution >= 0.6 is 0 Å². The van der Waals surface area contributed by atoms with E-state index in [1.807, 2.05) is 43.3 Å². The van der Waals surface area contributed by atoms with Gasteiger partial charge in [0.05, 0.1) is 24.6 Å². The van der Waals surface area contributed by atoms with Gasteiger partial charge < -0.3 is 20.3 Å². The van der Waals surface area contributed by atoms with Crippen LogP contribution in [-0.4, -0.2) is 38.8 Å². The van der Waals surface area contributed by atoms with Crippen molar-refractivity contribution >= 4 is 23.0 Å². The highest BCUT2D eigenvalue weighted by molar-refractivity contribution is 5.91. The van der Waals surface area contributed by atoms with Crippen LogP contribution in [0.25, 0.3) is 0 Å². The average molecular weight is 339 g/mol. The molecular formula is C20H25N3O2. The van der Waals surface area contributed by atoms with E-state index in [0.717, 1.165) is 43.2 Å². The molecule has 2 aromatic carbocycles. The Bertz CT molecular complexity index is 712. The summed E-state index contributed by atoms with van der Waals surface area (Å²) in [4.78, 5) is 14.5.